The van der Waals surface area contributed by atoms with Gasteiger partial charge >= 0.3 is 11.9 Å². The van der Waals surface area contributed by atoms with Crippen LogP contribution < -0.4 is 0 Å². The minimum Gasteiger partial charge on any atom is -0.466 e. The van der Waals surface area contributed by atoms with Crippen LogP contribution in [0.5, 0.6) is 0 Å². The molecule has 47 heavy (non-hydrogen) atoms. The van der Waals surface area contributed by atoms with E-state index in [0.29, 0.717) is 19.4 Å². The quantitative estimate of drug-likeness (QED) is 0.0403. The number of carbonyl (C=O) groups excluding carboxylic acids is 2. The van der Waals surface area contributed by atoms with Crippen molar-refractivity contribution in [2.24, 2.45) is 0 Å². The predicted molar refractivity (Wildman–Crippen MR) is 200 cm³/mol. The van der Waals surface area contributed by atoms with Gasteiger partial charge in [0, 0.05) is 12.8 Å². The fraction of sp³-hybridized carbons (Fsp3) is 0.854. The number of unbranched alkanes of at least 4 members (excludes halogenated alkanes) is 21. The van der Waals surface area contributed by atoms with E-state index in [-0.39, 0.29) is 25.2 Å². The van der Waals surface area contributed by atoms with Gasteiger partial charge in [0.15, 0.2) is 0 Å². The van der Waals surface area contributed by atoms with Crippen molar-refractivity contribution in [1.82, 2.24) is 0 Å². The molecule has 0 bridgehead atoms. The van der Waals surface area contributed by atoms with Crippen molar-refractivity contribution < 1.29 is 29.3 Å². The molecule has 0 aliphatic heterocycles. The lowest BCUT2D eigenvalue weighted by Crippen LogP contribution is -2.21. The molecule has 0 aliphatic carbocycles. The van der Waals surface area contributed by atoms with Crippen molar-refractivity contribution in [3.8, 4) is 0 Å². The van der Waals surface area contributed by atoms with Crippen molar-refractivity contribution in [3.05, 3.63) is 24.3 Å². The van der Waals surface area contributed by atoms with Crippen LogP contribution in [0.15, 0.2) is 24.3 Å². The van der Waals surface area contributed by atoms with E-state index < -0.39 is 6.10 Å². The topological polar surface area (TPSA) is 93.1 Å². The van der Waals surface area contributed by atoms with Gasteiger partial charge in [0.1, 0.15) is 12.7 Å². The highest BCUT2D eigenvalue weighted by Gasteiger charge is 2.07. The molecule has 1 unspecified atom stereocenters. The van der Waals surface area contributed by atoms with E-state index in [9.17, 15) is 9.59 Å². The summed E-state index contributed by atoms with van der Waals surface area (Å²) in [6.45, 7) is 6.84. The van der Waals surface area contributed by atoms with Crippen LogP contribution in [-0.4, -0.2) is 48.1 Å². The summed E-state index contributed by atoms with van der Waals surface area (Å²) in [7, 11) is 0. The molecule has 0 rings (SSSR count). The lowest BCUT2D eigenvalue weighted by Gasteiger charge is -2.08. The first-order valence-electron chi connectivity index (χ1n) is 19.9. The number of esters is 2. The SMILES string of the molecule is CCCCC/C=C\C/C=C\CCCCCCCC(=O)OCCCCCCCC.CCCCCCCCCCCC(=O)OCC(O)CO. The first-order chi connectivity index (χ1) is 23.0. The van der Waals surface area contributed by atoms with Gasteiger partial charge in [-0.3, -0.25) is 9.59 Å². The van der Waals surface area contributed by atoms with Crippen LogP contribution in [0.4, 0.5) is 0 Å². The average molecular weight is 667 g/mol. The normalized spacial score (nSPS) is 11.9. The second-order valence-corrected chi connectivity index (χ2v) is 13.1. The number of ether oxygens (including phenoxy) is 2. The number of aliphatic hydroxyl groups excluding tert-OH is 2. The fourth-order valence-electron chi connectivity index (χ4n) is 5.12. The predicted octanol–water partition coefficient (Wildman–Crippen LogP) is 11.5. The van der Waals surface area contributed by atoms with E-state index in [2.05, 4.69) is 45.1 Å². The molecule has 0 saturated carbocycles. The lowest BCUT2D eigenvalue weighted by atomic mass is 10.1. The second-order valence-electron chi connectivity index (χ2n) is 13.1. The van der Waals surface area contributed by atoms with Crippen molar-refractivity contribution in [1.29, 1.82) is 0 Å². The van der Waals surface area contributed by atoms with E-state index in [0.717, 1.165) is 38.5 Å². The number of allylic oxidation sites excluding steroid dienone is 4. The molecule has 6 heteroatoms. The Balaban J connectivity index is 0. The molecule has 278 valence electrons. The van der Waals surface area contributed by atoms with Gasteiger partial charge in [-0.2, -0.15) is 0 Å². The highest BCUT2D eigenvalue weighted by Crippen LogP contribution is 2.12. The van der Waals surface area contributed by atoms with Crippen LogP contribution in [-0.2, 0) is 19.1 Å². The summed E-state index contributed by atoms with van der Waals surface area (Å²) in [5, 5.41) is 17.6. The molecule has 6 nitrogen and oxygen atoms in total. The molecule has 0 amide bonds. The Morgan fingerprint density at radius 1 is 0.511 bits per heavy atom. The van der Waals surface area contributed by atoms with Crippen LogP contribution in [0.1, 0.15) is 201 Å². The number of aliphatic hydroxyl groups is 2. The highest BCUT2D eigenvalue weighted by molar-refractivity contribution is 5.69. The van der Waals surface area contributed by atoms with E-state index in [4.69, 9.17) is 19.7 Å². The van der Waals surface area contributed by atoms with Gasteiger partial charge in [-0.1, -0.05) is 161 Å². The summed E-state index contributed by atoms with van der Waals surface area (Å²) < 4.78 is 10.1. The molecule has 0 aromatic heterocycles. The molecule has 0 aromatic carbocycles. The van der Waals surface area contributed by atoms with Gasteiger partial charge in [0.25, 0.3) is 0 Å². The Morgan fingerprint density at radius 2 is 0.894 bits per heavy atom. The van der Waals surface area contributed by atoms with Gasteiger partial charge in [-0.15, -0.1) is 0 Å². The summed E-state index contributed by atoms with van der Waals surface area (Å²) in [4.78, 5) is 22.9. The smallest absolute Gasteiger partial charge is 0.305 e. The fourth-order valence-corrected chi connectivity index (χ4v) is 5.12. The first-order valence-corrected chi connectivity index (χ1v) is 19.9. The second kappa shape index (κ2) is 42.4. The Hall–Kier alpha value is -1.66. The van der Waals surface area contributed by atoms with Crippen LogP contribution in [0.25, 0.3) is 0 Å². The standard InChI is InChI=1S/C26H48O2.C15H30O4/c1-3-5-7-9-11-12-13-14-15-16-17-18-19-20-22-24-26(27)28-25-23-21-10-8-6-4-2;1-2-3-4-5-6-7-8-9-10-11-15(18)19-13-14(17)12-16/h11-12,14-15H,3-10,13,16-25H2,1-2H3;14,16-17H,2-13H2,1H3/b12-11-,15-14-;. The third-order valence-electron chi connectivity index (χ3n) is 8.22. The summed E-state index contributed by atoms with van der Waals surface area (Å²) in [6, 6.07) is 0. The molecule has 0 aromatic rings. The molecule has 0 heterocycles. The zero-order valence-corrected chi connectivity index (χ0v) is 31.3. The van der Waals surface area contributed by atoms with Gasteiger partial charge in [0.05, 0.1) is 13.2 Å². The molecule has 0 saturated heterocycles. The molecule has 0 spiro atoms. The van der Waals surface area contributed by atoms with Crippen LogP contribution in [0.2, 0.25) is 0 Å². The van der Waals surface area contributed by atoms with E-state index >= 15 is 0 Å². The molecular formula is C41H78O6. The van der Waals surface area contributed by atoms with Gasteiger partial charge < -0.3 is 19.7 Å². The van der Waals surface area contributed by atoms with Crippen molar-refractivity contribution in [3.63, 3.8) is 0 Å². The third kappa shape index (κ3) is 44.3. The molecule has 1 atom stereocenters. The Kier molecular flexibility index (Phi) is 42.8. The first kappa shape index (κ1) is 47.5. The zero-order valence-electron chi connectivity index (χ0n) is 31.3. The number of carbonyl (C=O) groups is 2. The molecular weight excluding hydrogens is 588 g/mol. The summed E-state index contributed by atoms with van der Waals surface area (Å²) >= 11 is 0. The highest BCUT2D eigenvalue weighted by atomic mass is 16.5. The van der Waals surface area contributed by atoms with E-state index in [1.165, 1.54) is 128 Å². The maximum absolute atomic E-state index is 11.7. The number of hydrogen-bond acceptors (Lipinski definition) is 6. The molecule has 0 radical (unpaired) electrons. The van der Waals surface area contributed by atoms with Crippen LogP contribution in [0.3, 0.4) is 0 Å². The summed E-state index contributed by atoms with van der Waals surface area (Å²) in [5.74, 6) is -0.283. The number of rotatable bonds is 34. The Labute approximate surface area is 291 Å². The van der Waals surface area contributed by atoms with Gasteiger partial charge in [-0.05, 0) is 51.4 Å². The largest absolute Gasteiger partial charge is 0.466 e. The maximum Gasteiger partial charge on any atom is 0.305 e. The van der Waals surface area contributed by atoms with Crippen LogP contribution in [0, 0.1) is 0 Å². The zero-order chi connectivity index (χ0) is 34.9. The van der Waals surface area contributed by atoms with Crippen molar-refractivity contribution >= 4 is 11.9 Å². The Morgan fingerprint density at radius 3 is 1.38 bits per heavy atom. The van der Waals surface area contributed by atoms with Gasteiger partial charge in [0.2, 0.25) is 0 Å². The number of hydrogen-bond donors (Lipinski definition) is 2. The monoisotopic (exact) mass is 667 g/mol. The Bertz CT molecular complexity index is 689. The molecule has 2 N–H and O–H groups in total. The molecule has 0 aliphatic rings. The van der Waals surface area contributed by atoms with Crippen LogP contribution >= 0.6 is 0 Å². The third-order valence-corrected chi connectivity index (χ3v) is 8.22. The molecule has 0 fully saturated rings. The van der Waals surface area contributed by atoms with Gasteiger partial charge in [-0.25, -0.2) is 0 Å². The van der Waals surface area contributed by atoms with E-state index in [1.807, 2.05) is 0 Å². The van der Waals surface area contributed by atoms with Crippen molar-refractivity contribution in [2.45, 2.75) is 207 Å². The van der Waals surface area contributed by atoms with E-state index in [1.54, 1.807) is 0 Å². The average Bonchev–Trinajstić information content (AvgIpc) is 3.08. The summed E-state index contributed by atoms with van der Waals surface area (Å²) in [6.07, 6.45) is 41.0. The minimum absolute atomic E-state index is 0.000703. The maximum atomic E-state index is 11.7. The summed E-state index contributed by atoms with van der Waals surface area (Å²) in [5.41, 5.74) is 0. The van der Waals surface area contributed by atoms with Crippen molar-refractivity contribution in [2.75, 3.05) is 19.8 Å². The lowest BCUT2D eigenvalue weighted by molar-refractivity contribution is -0.147. The minimum atomic E-state index is -0.952.